The maximum absolute atomic E-state index is 12.8. The molecule has 1 N–H and O–H groups in total. The number of methoxy groups -OCH3 is 1. The van der Waals surface area contributed by atoms with E-state index in [0.717, 1.165) is 19.3 Å². The molecule has 0 saturated carbocycles. The highest BCUT2D eigenvalue weighted by Crippen LogP contribution is 2.30. The Bertz CT molecular complexity index is 700. The second-order valence-corrected chi connectivity index (χ2v) is 8.11. The number of anilines is 1. The molecule has 0 bridgehead atoms. The molecule has 1 saturated heterocycles. The highest BCUT2D eigenvalue weighted by Gasteiger charge is 2.26. The minimum Gasteiger partial charge on any atom is -0.495 e. The van der Waals surface area contributed by atoms with Crippen LogP contribution in [0, 0.1) is 0 Å². The SMILES string of the molecule is CCOCCCC(=O)Nc1cc(S(=O)(=O)N2CCCCC2)ccc1OC. The zero-order chi connectivity index (χ0) is 19.0. The summed E-state index contributed by atoms with van der Waals surface area (Å²) >= 11 is 0. The van der Waals surface area contributed by atoms with E-state index in [1.807, 2.05) is 6.92 Å². The molecule has 0 unspecified atom stereocenters. The molecule has 1 aliphatic rings. The molecule has 1 aliphatic heterocycles. The van der Waals surface area contributed by atoms with E-state index in [0.29, 0.717) is 50.6 Å². The number of nitrogens with one attached hydrogen (secondary N) is 1. The summed E-state index contributed by atoms with van der Waals surface area (Å²) in [6.07, 6.45) is 3.70. The lowest BCUT2D eigenvalue weighted by atomic mass is 10.2. The van der Waals surface area contributed by atoms with Crippen molar-refractivity contribution >= 4 is 21.6 Å². The summed E-state index contributed by atoms with van der Waals surface area (Å²) in [6, 6.07) is 4.57. The number of nitrogens with zero attached hydrogens (tertiary/aromatic N) is 1. The van der Waals surface area contributed by atoms with Crippen molar-refractivity contribution in [2.45, 2.75) is 43.9 Å². The fourth-order valence-electron chi connectivity index (χ4n) is 2.89. The van der Waals surface area contributed by atoms with Gasteiger partial charge in [0.25, 0.3) is 0 Å². The molecule has 8 heteroatoms. The Kier molecular flexibility index (Phi) is 7.86. The molecule has 0 atom stereocenters. The number of carbonyl (C=O) groups is 1. The van der Waals surface area contributed by atoms with Gasteiger partial charge >= 0.3 is 0 Å². The lowest BCUT2D eigenvalue weighted by molar-refractivity contribution is -0.116. The number of benzene rings is 1. The number of piperidine rings is 1. The van der Waals surface area contributed by atoms with Crippen molar-refractivity contribution in [2.75, 3.05) is 38.7 Å². The fourth-order valence-corrected chi connectivity index (χ4v) is 4.44. The second kappa shape index (κ2) is 9.89. The first kappa shape index (κ1) is 20.7. The number of rotatable bonds is 9. The highest BCUT2D eigenvalue weighted by molar-refractivity contribution is 7.89. The molecule has 0 aliphatic carbocycles. The van der Waals surface area contributed by atoms with Crippen LogP contribution in [0.25, 0.3) is 0 Å². The van der Waals surface area contributed by atoms with Crippen LogP contribution < -0.4 is 10.1 Å². The average molecular weight is 384 g/mol. The van der Waals surface area contributed by atoms with Gasteiger partial charge in [0.05, 0.1) is 17.7 Å². The van der Waals surface area contributed by atoms with Gasteiger partial charge in [0.15, 0.2) is 0 Å². The predicted octanol–water partition coefficient (Wildman–Crippen LogP) is 2.63. The molecule has 0 spiro atoms. The summed E-state index contributed by atoms with van der Waals surface area (Å²) in [4.78, 5) is 12.3. The normalized spacial score (nSPS) is 15.6. The van der Waals surface area contributed by atoms with Crippen molar-refractivity contribution in [2.24, 2.45) is 0 Å². The summed E-state index contributed by atoms with van der Waals surface area (Å²) in [5, 5.41) is 2.75. The molecule has 0 aromatic heterocycles. The third-order valence-corrected chi connectivity index (χ3v) is 6.19. The van der Waals surface area contributed by atoms with Gasteiger partial charge in [0, 0.05) is 32.7 Å². The average Bonchev–Trinajstić information content (AvgIpc) is 2.66. The minimum absolute atomic E-state index is 0.171. The molecular weight excluding hydrogens is 356 g/mol. The lowest BCUT2D eigenvalue weighted by Crippen LogP contribution is -2.35. The molecule has 0 radical (unpaired) electrons. The van der Waals surface area contributed by atoms with Crippen LogP contribution in [-0.2, 0) is 19.6 Å². The molecule has 26 heavy (non-hydrogen) atoms. The Labute approximate surface area is 155 Å². The quantitative estimate of drug-likeness (QED) is 0.662. The van der Waals surface area contributed by atoms with E-state index in [4.69, 9.17) is 9.47 Å². The number of sulfonamides is 1. The Morgan fingerprint density at radius 2 is 1.96 bits per heavy atom. The molecular formula is C18H28N2O5S. The van der Waals surface area contributed by atoms with Crippen molar-refractivity contribution in [1.82, 2.24) is 4.31 Å². The van der Waals surface area contributed by atoms with E-state index < -0.39 is 10.0 Å². The first-order valence-electron chi connectivity index (χ1n) is 9.05. The van der Waals surface area contributed by atoms with Crippen molar-refractivity contribution in [3.8, 4) is 5.75 Å². The molecule has 1 heterocycles. The zero-order valence-corrected chi connectivity index (χ0v) is 16.3. The van der Waals surface area contributed by atoms with Gasteiger partial charge in [-0.2, -0.15) is 4.31 Å². The largest absolute Gasteiger partial charge is 0.495 e. The van der Waals surface area contributed by atoms with Crippen molar-refractivity contribution in [3.63, 3.8) is 0 Å². The van der Waals surface area contributed by atoms with Crippen LogP contribution in [0.2, 0.25) is 0 Å². The van der Waals surface area contributed by atoms with E-state index in [-0.39, 0.29) is 10.8 Å². The summed E-state index contributed by atoms with van der Waals surface area (Å²) < 4.78 is 37.6. The number of hydrogen-bond donors (Lipinski definition) is 1. The van der Waals surface area contributed by atoms with E-state index in [2.05, 4.69) is 5.32 Å². The van der Waals surface area contributed by atoms with Gasteiger partial charge in [0.2, 0.25) is 15.9 Å². The molecule has 146 valence electrons. The molecule has 7 nitrogen and oxygen atoms in total. The number of amides is 1. The summed E-state index contributed by atoms with van der Waals surface area (Å²) in [5.41, 5.74) is 0.368. The van der Waals surface area contributed by atoms with Gasteiger partial charge < -0.3 is 14.8 Å². The van der Waals surface area contributed by atoms with Gasteiger partial charge in [-0.1, -0.05) is 6.42 Å². The standard InChI is InChI=1S/C18H28N2O5S/c1-3-25-13-7-8-18(21)19-16-14-15(9-10-17(16)24-2)26(22,23)20-11-5-4-6-12-20/h9-10,14H,3-8,11-13H2,1-2H3,(H,19,21). The Balaban J connectivity index is 2.13. The van der Waals surface area contributed by atoms with E-state index in [9.17, 15) is 13.2 Å². The van der Waals surface area contributed by atoms with Gasteiger partial charge in [-0.05, 0) is 44.4 Å². The molecule has 1 aromatic carbocycles. The number of hydrogen-bond acceptors (Lipinski definition) is 5. The van der Waals surface area contributed by atoms with E-state index >= 15 is 0 Å². The van der Waals surface area contributed by atoms with Gasteiger partial charge in [0.1, 0.15) is 5.75 Å². The number of carbonyl (C=O) groups excluding carboxylic acids is 1. The highest BCUT2D eigenvalue weighted by atomic mass is 32.2. The van der Waals surface area contributed by atoms with Crippen LogP contribution in [0.1, 0.15) is 39.0 Å². The zero-order valence-electron chi connectivity index (χ0n) is 15.5. The Morgan fingerprint density at radius 3 is 2.62 bits per heavy atom. The maximum atomic E-state index is 12.8. The molecule has 1 fully saturated rings. The fraction of sp³-hybridized carbons (Fsp3) is 0.611. The Hall–Kier alpha value is -1.64. The lowest BCUT2D eigenvalue weighted by Gasteiger charge is -2.26. The minimum atomic E-state index is -3.56. The van der Waals surface area contributed by atoms with Gasteiger partial charge in [-0.3, -0.25) is 4.79 Å². The first-order valence-corrected chi connectivity index (χ1v) is 10.5. The monoisotopic (exact) mass is 384 g/mol. The van der Waals surface area contributed by atoms with E-state index in [1.165, 1.54) is 23.5 Å². The van der Waals surface area contributed by atoms with Crippen LogP contribution >= 0.6 is 0 Å². The van der Waals surface area contributed by atoms with Crippen molar-refractivity contribution < 1.29 is 22.7 Å². The predicted molar refractivity (Wildman–Crippen MR) is 100.0 cm³/mol. The van der Waals surface area contributed by atoms with Gasteiger partial charge in [-0.25, -0.2) is 8.42 Å². The van der Waals surface area contributed by atoms with Gasteiger partial charge in [-0.15, -0.1) is 0 Å². The topological polar surface area (TPSA) is 84.9 Å². The van der Waals surface area contributed by atoms with Crippen LogP contribution in [0.15, 0.2) is 23.1 Å². The van der Waals surface area contributed by atoms with Crippen molar-refractivity contribution in [1.29, 1.82) is 0 Å². The van der Waals surface area contributed by atoms with Crippen molar-refractivity contribution in [3.05, 3.63) is 18.2 Å². The molecule has 1 amide bonds. The molecule has 1 aromatic rings. The van der Waals surface area contributed by atoms with Crippen LogP contribution in [0.5, 0.6) is 5.75 Å². The summed E-state index contributed by atoms with van der Waals surface area (Å²) in [6.45, 7) is 4.11. The second-order valence-electron chi connectivity index (χ2n) is 6.18. The maximum Gasteiger partial charge on any atom is 0.243 e. The first-order chi connectivity index (χ1) is 12.5. The number of ether oxygens (including phenoxy) is 2. The summed E-state index contributed by atoms with van der Waals surface area (Å²) in [7, 11) is -2.08. The van der Waals surface area contributed by atoms with E-state index in [1.54, 1.807) is 6.07 Å². The smallest absolute Gasteiger partial charge is 0.243 e. The Morgan fingerprint density at radius 1 is 1.23 bits per heavy atom. The van der Waals surface area contributed by atoms with Crippen LogP contribution in [0.3, 0.4) is 0 Å². The van der Waals surface area contributed by atoms with Crippen LogP contribution in [-0.4, -0.2) is 52.0 Å². The molecule has 2 rings (SSSR count). The van der Waals surface area contributed by atoms with Crippen LogP contribution in [0.4, 0.5) is 5.69 Å². The third kappa shape index (κ3) is 5.43. The summed E-state index contributed by atoms with van der Waals surface area (Å²) in [5.74, 6) is 0.233. The third-order valence-electron chi connectivity index (χ3n) is 4.29.